The van der Waals surface area contributed by atoms with Crippen molar-refractivity contribution < 1.29 is 19.1 Å². The molecule has 0 atom stereocenters. The molecule has 2 heterocycles. The molecule has 168 valence electrons. The first-order valence-electron chi connectivity index (χ1n) is 10.3. The lowest BCUT2D eigenvalue weighted by molar-refractivity contribution is 0.0597. The first kappa shape index (κ1) is 22.3. The average molecular weight is 462 g/mol. The number of aromatic nitrogens is 2. The minimum Gasteiger partial charge on any atom is -0.496 e. The molecule has 0 bridgehead atoms. The molecule has 4 rings (SSSR count). The van der Waals surface area contributed by atoms with Gasteiger partial charge in [-0.2, -0.15) is 5.10 Å². The van der Waals surface area contributed by atoms with Crippen LogP contribution in [0.1, 0.15) is 31.8 Å². The minimum atomic E-state index is -0.498. The van der Waals surface area contributed by atoms with Crippen molar-refractivity contribution in [1.29, 1.82) is 0 Å². The maximum Gasteiger partial charge on any atom is 0.341 e. The van der Waals surface area contributed by atoms with Crippen molar-refractivity contribution in [2.24, 2.45) is 0 Å². The number of hydrogen-bond acceptors (Lipinski definition) is 6. The Labute approximate surface area is 195 Å². The molecule has 0 aliphatic rings. The molecular weight excluding hydrogens is 438 g/mol. The van der Waals surface area contributed by atoms with Crippen molar-refractivity contribution in [1.82, 2.24) is 15.1 Å². The minimum absolute atomic E-state index is 0.237. The average Bonchev–Trinajstić information content (AvgIpc) is 3.52. The predicted octanol–water partition coefficient (Wildman–Crippen LogP) is 4.39. The van der Waals surface area contributed by atoms with E-state index in [2.05, 4.69) is 10.4 Å². The molecule has 0 aliphatic carbocycles. The maximum atomic E-state index is 13.1. The van der Waals surface area contributed by atoms with Crippen LogP contribution in [-0.2, 0) is 17.8 Å². The lowest BCUT2D eigenvalue weighted by atomic mass is 10.1. The second-order valence-electron chi connectivity index (χ2n) is 7.26. The summed E-state index contributed by atoms with van der Waals surface area (Å²) < 4.78 is 11.8. The smallest absolute Gasteiger partial charge is 0.341 e. The van der Waals surface area contributed by atoms with Crippen molar-refractivity contribution in [2.75, 3.05) is 14.2 Å². The third kappa shape index (κ3) is 5.12. The fourth-order valence-electron chi connectivity index (χ4n) is 3.45. The number of thiophene rings is 1. The van der Waals surface area contributed by atoms with Crippen LogP contribution in [0.2, 0.25) is 0 Å². The molecule has 1 N–H and O–H groups in total. The molecule has 0 saturated heterocycles. The summed E-state index contributed by atoms with van der Waals surface area (Å²) >= 11 is 1.53. The SMILES string of the molecule is COC(=O)c1cc(CNC(=O)c2cn(Cc3ccccc3)nc2-c2cccs2)ccc1OC. The van der Waals surface area contributed by atoms with E-state index in [0.717, 1.165) is 16.0 Å². The Balaban J connectivity index is 1.56. The van der Waals surface area contributed by atoms with Gasteiger partial charge in [0.1, 0.15) is 17.0 Å². The van der Waals surface area contributed by atoms with Gasteiger partial charge in [0.25, 0.3) is 5.91 Å². The number of carbonyl (C=O) groups excluding carboxylic acids is 2. The Morgan fingerprint density at radius 2 is 1.82 bits per heavy atom. The number of amides is 1. The lowest BCUT2D eigenvalue weighted by Crippen LogP contribution is -2.23. The summed E-state index contributed by atoms with van der Waals surface area (Å²) in [6.07, 6.45) is 1.77. The topological polar surface area (TPSA) is 82.5 Å². The number of rotatable bonds is 8. The highest BCUT2D eigenvalue weighted by atomic mass is 32.1. The number of benzene rings is 2. The van der Waals surface area contributed by atoms with Crippen molar-refractivity contribution in [3.63, 3.8) is 0 Å². The van der Waals surface area contributed by atoms with Gasteiger partial charge in [-0.15, -0.1) is 11.3 Å². The van der Waals surface area contributed by atoms with Crippen LogP contribution < -0.4 is 10.1 Å². The Bertz CT molecular complexity index is 1250. The van der Waals surface area contributed by atoms with E-state index in [1.807, 2.05) is 47.8 Å². The zero-order valence-electron chi connectivity index (χ0n) is 18.3. The molecule has 0 spiro atoms. The molecule has 0 saturated carbocycles. The number of methoxy groups -OCH3 is 2. The van der Waals surface area contributed by atoms with Gasteiger partial charge in [-0.25, -0.2) is 4.79 Å². The zero-order valence-corrected chi connectivity index (χ0v) is 19.1. The number of ether oxygens (including phenoxy) is 2. The summed E-state index contributed by atoms with van der Waals surface area (Å²) in [5.74, 6) is -0.325. The van der Waals surface area contributed by atoms with Crippen molar-refractivity contribution in [3.05, 3.63) is 94.5 Å². The van der Waals surface area contributed by atoms with Crippen LogP contribution in [0.5, 0.6) is 5.75 Å². The Morgan fingerprint density at radius 1 is 1.00 bits per heavy atom. The number of carbonyl (C=O) groups is 2. The van der Waals surface area contributed by atoms with Crippen molar-refractivity contribution in [3.8, 4) is 16.3 Å². The number of hydrogen-bond donors (Lipinski definition) is 1. The van der Waals surface area contributed by atoms with Gasteiger partial charge in [0, 0.05) is 12.7 Å². The molecule has 8 heteroatoms. The lowest BCUT2D eigenvalue weighted by Gasteiger charge is -2.10. The van der Waals surface area contributed by atoms with Gasteiger partial charge in [-0.1, -0.05) is 42.5 Å². The van der Waals surface area contributed by atoms with Crippen LogP contribution >= 0.6 is 11.3 Å². The molecule has 7 nitrogen and oxygen atoms in total. The first-order valence-corrected chi connectivity index (χ1v) is 11.2. The zero-order chi connectivity index (χ0) is 23.2. The van der Waals surface area contributed by atoms with E-state index in [0.29, 0.717) is 29.1 Å². The van der Waals surface area contributed by atoms with Crippen LogP contribution in [0.25, 0.3) is 10.6 Å². The fraction of sp³-hybridized carbons (Fsp3) is 0.160. The molecule has 0 unspecified atom stereocenters. The quantitative estimate of drug-likeness (QED) is 0.394. The summed E-state index contributed by atoms with van der Waals surface area (Å²) in [6, 6.07) is 19.0. The van der Waals surface area contributed by atoms with E-state index in [1.54, 1.807) is 29.1 Å². The van der Waals surface area contributed by atoms with Crippen LogP contribution in [0, 0.1) is 0 Å². The largest absolute Gasteiger partial charge is 0.496 e. The summed E-state index contributed by atoms with van der Waals surface area (Å²) in [5, 5.41) is 9.58. The third-order valence-corrected chi connectivity index (χ3v) is 5.95. The monoisotopic (exact) mass is 461 g/mol. The number of nitrogens with zero attached hydrogens (tertiary/aromatic N) is 2. The molecule has 0 radical (unpaired) electrons. The molecule has 0 fully saturated rings. The van der Waals surface area contributed by atoms with E-state index in [-0.39, 0.29) is 12.5 Å². The molecule has 0 aliphatic heterocycles. The Kier molecular flexibility index (Phi) is 6.85. The molecule has 4 aromatic rings. The highest BCUT2D eigenvalue weighted by Gasteiger charge is 2.19. The van der Waals surface area contributed by atoms with Gasteiger partial charge >= 0.3 is 5.97 Å². The second kappa shape index (κ2) is 10.1. The molecule has 1 amide bonds. The maximum absolute atomic E-state index is 13.1. The van der Waals surface area contributed by atoms with Crippen molar-refractivity contribution in [2.45, 2.75) is 13.1 Å². The van der Waals surface area contributed by atoms with Crippen LogP contribution in [0.15, 0.2) is 72.2 Å². The molecule has 33 heavy (non-hydrogen) atoms. The molecular formula is C25H23N3O4S. The van der Waals surface area contributed by atoms with E-state index in [4.69, 9.17) is 9.47 Å². The van der Waals surface area contributed by atoms with E-state index >= 15 is 0 Å². The predicted molar refractivity (Wildman–Crippen MR) is 127 cm³/mol. The van der Waals surface area contributed by atoms with E-state index < -0.39 is 5.97 Å². The van der Waals surface area contributed by atoms with E-state index in [9.17, 15) is 9.59 Å². The number of esters is 1. The Morgan fingerprint density at radius 3 is 2.52 bits per heavy atom. The van der Waals surface area contributed by atoms with Crippen molar-refractivity contribution >= 4 is 23.2 Å². The van der Waals surface area contributed by atoms with Gasteiger partial charge in [0.2, 0.25) is 0 Å². The van der Waals surface area contributed by atoms with Gasteiger partial charge in [0.15, 0.2) is 0 Å². The molecule has 2 aromatic heterocycles. The standard InChI is InChI=1S/C25H23N3O4S/c1-31-21-11-10-18(13-19(21)25(30)32-2)14-26-24(29)20-16-28(15-17-7-4-3-5-8-17)27-23(20)22-9-6-12-33-22/h3-13,16H,14-15H2,1-2H3,(H,26,29). The first-order chi connectivity index (χ1) is 16.1. The van der Waals surface area contributed by atoms with Gasteiger partial charge in [0.05, 0.1) is 31.2 Å². The van der Waals surface area contributed by atoms with Crippen LogP contribution in [-0.4, -0.2) is 35.9 Å². The highest BCUT2D eigenvalue weighted by Crippen LogP contribution is 2.27. The van der Waals surface area contributed by atoms with Gasteiger partial charge < -0.3 is 14.8 Å². The van der Waals surface area contributed by atoms with Gasteiger partial charge in [-0.05, 0) is 34.7 Å². The van der Waals surface area contributed by atoms with Gasteiger partial charge in [-0.3, -0.25) is 9.48 Å². The number of nitrogens with one attached hydrogen (secondary N) is 1. The van der Waals surface area contributed by atoms with E-state index in [1.165, 1.54) is 25.6 Å². The highest BCUT2D eigenvalue weighted by molar-refractivity contribution is 7.13. The third-order valence-electron chi connectivity index (χ3n) is 5.07. The summed E-state index contributed by atoms with van der Waals surface area (Å²) in [4.78, 5) is 26.1. The fourth-order valence-corrected chi connectivity index (χ4v) is 4.17. The summed E-state index contributed by atoms with van der Waals surface area (Å²) in [6.45, 7) is 0.800. The molecule has 2 aromatic carbocycles. The summed E-state index contributed by atoms with van der Waals surface area (Å²) in [7, 11) is 2.80. The Hall–Kier alpha value is -3.91. The van der Waals surface area contributed by atoms with Crippen LogP contribution in [0.3, 0.4) is 0 Å². The normalized spacial score (nSPS) is 10.6. The van der Waals surface area contributed by atoms with Crippen LogP contribution in [0.4, 0.5) is 0 Å². The second-order valence-corrected chi connectivity index (χ2v) is 8.21. The summed E-state index contributed by atoms with van der Waals surface area (Å²) in [5.41, 5.74) is 3.29.